The van der Waals surface area contributed by atoms with Crippen LogP contribution < -0.4 is 0 Å². The summed E-state index contributed by atoms with van der Waals surface area (Å²) in [6.45, 7) is 5.07. The van der Waals surface area contributed by atoms with E-state index in [1.54, 1.807) is 20.4 Å². The van der Waals surface area contributed by atoms with Crippen LogP contribution in [0.3, 0.4) is 0 Å². The number of nitrogens with one attached hydrogen (secondary N) is 1. The van der Waals surface area contributed by atoms with Crippen molar-refractivity contribution in [3.8, 4) is 22.5 Å². The highest BCUT2D eigenvalue weighted by Crippen LogP contribution is 2.31. The molecule has 0 aliphatic heterocycles. The van der Waals surface area contributed by atoms with Gasteiger partial charge in [-0.2, -0.15) is 5.10 Å². The Balaban J connectivity index is 1.62. The summed E-state index contributed by atoms with van der Waals surface area (Å²) in [5.41, 5.74) is 4.01. The van der Waals surface area contributed by atoms with Gasteiger partial charge in [0.25, 0.3) is 0 Å². The molecule has 0 fully saturated rings. The molecule has 0 amide bonds. The first kappa shape index (κ1) is 24.6. The lowest BCUT2D eigenvalue weighted by Crippen LogP contribution is -2.32. The minimum atomic E-state index is -0.933. The number of tetrazole rings is 1. The average molecular weight is 477 g/mol. The standard InChI is InChI=1S/C25H32N8O2/c1-5-7-15-33-22(27-24(30-33)25(34-3,35-4)13-6-2)16-18-8-10-19(11-9-18)21-17-26-14-12-20(21)23-28-31-32-29-23/h8-12,14,17H,5-7,13,15-16H2,1-4H3,(H,28,29,31,32). The van der Waals surface area contributed by atoms with Crippen LogP contribution in [0.15, 0.2) is 42.7 Å². The van der Waals surface area contributed by atoms with Gasteiger partial charge in [-0.15, -0.1) is 5.10 Å². The van der Waals surface area contributed by atoms with Gasteiger partial charge in [0.05, 0.1) is 0 Å². The van der Waals surface area contributed by atoms with E-state index in [1.807, 2.05) is 16.9 Å². The van der Waals surface area contributed by atoms with E-state index in [-0.39, 0.29) is 0 Å². The summed E-state index contributed by atoms with van der Waals surface area (Å²) in [6.07, 6.45) is 7.88. The summed E-state index contributed by atoms with van der Waals surface area (Å²) < 4.78 is 13.5. The smallest absolute Gasteiger partial charge is 0.231 e. The fraction of sp³-hybridized carbons (Fsp3) is 0.440. The van der Waals surface area contributed by atoms with Crippen LogP contribution >= 0.6 is 0 Å². The van der Waals surface area contributed by atoms with Crippen LogP contribution in [0.4, 0.5) is 0 Å². The van der Waals surface area contributed by atoms with Gasteiger partial charge < -0.3 is 9.47 Å². The predicted octanol–water partition coefficient (Wildman–Crippen LogP) is 4.16. The van der Waals surface area contributed by atoms with E-state index in [9.17, 15) is 0 Å². The van der Waals surface area contributed by atoms with Gasteiger partial charge in [0.15, 0.2) is 5.82 Å². The summed E-state index contributed by atoms with van der Waals surface area (Å²) in [4.78, 5) is 9.18. The number of unbranched alkanes of at least 4 members (excludes halogenated alkanes) is 1. The Hall–Kier alpha value is -3.50. The predicted molar refractivity (Wildman–Crippen MR) is 131 cm³/mol. The minimum Gasteiger partial charge on any atom is -0.347 e. The lowest BCUT2D eigenvalue weighted by Gasteiger charge is -2.27. The van der Waals surface area contributed by atoms with E-state index in [4.69, 9.17) is 19.6 Å². The third kappa shape index (κ3) is 5.28. The van der Waals surface area contributed by atoms with Gasteiger partial charge in [0.2, 0.25) is 11.6 Å². The molecule has 10 nitrogen and oxygen atoms in total. The van der Waals surface area contributed by atoms with Gasteiger partial charge in [-0.25, -0.2) is 14.8 Å². The van der Waals surface area contributed by atoms with E-state index in [2.05, 4.69) is 63.7 Å². The number of H-pyrrole nitrogens is 1. The van der Waals surface area contributed by atoms with E-state index in [0.29, 0.717) is 24.5 Å². The maximum atomic E-state index is 5.76. The van der Waals surface area contributed by atoms with Crippen LogP contribution in [-0.2, 0) is 28.2 Å². The number of hydrogen-bond donors (Lipinski definition) is 1. The second-order valence-corrected chi connectivity index (χ2v) is 8.38. The summed E-state index contributed by atoms with van der Waals surface area (Å²) in [5, 5.41) is 19.1. The molecule has 0 atom stereocenters. The summed E-state index contributed by atoms with van der Waals surface area (Å²) in [6, 6.07) is 10.3. The van der Waals surface area contributed by atoms with Crippen molar-refractivity contribution >= 4 is 0 Å². The molecule has 3 aromatic heterocycles. The molecule has 10 heteroatoms. The molecule has 4 rings (SSSR count). The highest BCUT2D eigenvalue weighted by molar-refractivity contribution is 5.79. The van der Waals surface area contributed by atoms with Gasteiger partial charge in [0.1, 0.15) is 5.82 Å². The zero-order chi connectivity index (χ0) is 24.7. The zero-order valence-electron chi connectivity index (χ0n) is 20.7. The van der Waals surface area contributed by atoms with Crippen LogP contribution in [0.1, 0.15) is 56.7 Å². The lowest BCUT2D eigenvalue weighted by molar-refractivity contribution is -0.225. The van der Waals surface area contributed by atoms with E-state index >= 15 is 0 Å². The van der Waals surface area contributed by atoms with Crippen molar-refractivity contribution < 1.29 is 9.47 Å². The number of hydrogen-bond acceptors (Lipinski definition) is 8. The van der Waals surface area contributed by atoms with Crippen molar-refractivity contribution in [1.82, 2.24) is 40.4 Å². The Morgan fingerprint density at radius 1 is 1.00 bits per heavy atom. The number of rotatable bonds is 12. The number of aromatic amines is 1. The molecule has 0 aliphatic carbocycles. The van der Waals surface area contributed by atoms with Gasteiger partial charge in [-0.3, -0.25) is 4.98 Å². The third-order valence-electron chi connectivity index (χ3n) is 6.10. The van der Waals surface area contributed by atoms with Gasteiger partial charge in [0, 0.05) is 57.1 Å². The Morgan fingerprint density at radius 3 is 2.46 bits per heavy atom. The monoisotopic (exact) mass is 476 g/mol. The molecular weight excluding hydrogens is 444 g/mol. The summed E-state index contributed by atoms with van der Waals surface area (Å²) >= 11 is 0. The largest absolute Gasteiger partial charge is 0.347 e. The molecule has 184 valence electrons. The Bertz CT molecular complexity index is 1200. The number of ether oxygens (including phenoxy) is 2. The average Bonchev–Trinajstić information content (AvgIpc) is 3.57. The van der Waals surface area contributed by atoms with Crippen molar-refractivity contribution in [2.24, 2.45) is 0 Å². The van der Waals surface area contributed by atoms with Gasteiger partial charge >= 0.3 is 0 Å². The highest BCUT2D eigenvalue weighted by Gasteiger charge is 2.36. The zero-order valence-corrected chi connectivity index (χ0v) is 20.7. The second kappa shape index (κ2) is 11.3. The molecule has 0 saturated carbocycles. The molecule has 0 saturated heterocycles. The quantitative estimate of drug-likeness (QED) is 0.303. The Kier molecular flexibility index (Phi) is 7.94. The molecule has 0 radical (unpaired) electrons. The van der Waals surface area contributed by atoms with Crippen LogP contribution in [0.25, 0.3) is 22.5 Å². The topological polar surface area (TPSA) is 117 Å². The second-order valence-electron chi connectivity index (χ2n) is 8.38. The van der Waals surface area contributed by atoms with E-state index in [1.165, 1.54) is 0 Å². The maximum Gasteiger partial charge on any atom is 0.231 e. The third-order valence-corrected chi connectivity index (χ3v) is 6.10. The van der Waals surface area contributed by atoms with Crippen LogP contribution in [0, 0.1) is 0 Å². The number of aromatic nitrogens is 8. The molecule has 1 N–H and O–H groups in total. The fourth-order valence-corrected chi connectivity index (χ4v) is 4.15. The number of pyridine rings is 1. The molecule has 1 aromatic carbocycles. The molecule has 0 spiro atoms. The molecule has 4 aromatic rings. The number of aryl methyl sites for hydroxylation is 1. The van der Waals surface area contributed by atoms with Crippen molar-refractivity contribution in [2.75, 3.05) is 14.2 Å². The first-order valence-electron chi connectivity index (χ1n) is 12.0. The molecule has 0 unspecified atom stereocenters. The molecule has 0 aliphatic rings. The number of methoxy groups -OCH3 is 2. The van der Waals surface area contributed by atoms with Gasteiger partial charge in [-0.1, -0.05) is 51.0 Å². The summed E-state index contributed by atoms with van der Waals surface area (Å²) in [5.74, 6) is 1.14. The molecule has 3 heterocycles. The van der Waals surface area contributed by atoms with Crippen LogP contribution in [0.2, 0.25) is 0 Å². The highest BCUT2D eigenvalue weighted by atomic mass is 16.7. The Morgan fingerprint density at radius 2 is 1.80 bits per heavy atom. The molecule has 0 bridgehead atoms. The lowest BCUT2D eigenvalue weighted by atomic mass is 9.99. The van der Waals surface area contributed by atoms with E-state index < -0.39 is 5.79 Å². The molecule has 35 heavy (non-hydrogen) atoms. The van der Waals surface area contributed by atoms with E-state index in [0.717, 1.165) is 53.9 Å². The first-order chi connectivity index (χ1) is 17.1. The normalized spacial score (nSPS) is 11.8. The first-order valence-corrected chi connectivity index (χ1v) is 12.0. The summed E-state index contributed by atoms with van der Waals surface area (Å²) in [7, 11) is 3.29. The van der Waals surface area contributed by atoms with Crippen molar-refractivity contribution in [3.63, 3.8) is 0 Å². The van der Waals surface area contributed by atoms with Crippen molar-refractivity contribution in [3.05, 3.63) is 59.9 Å². The Labute approximate surface area is 205 Å². The van der Waals surface area contributed by atoms with Crippen molar-refractivity contribution in [1.29, 1.82) is 0 Å². The minimum absolute atomic E-state index is 0.577. The van der Waals surface area contributed by atoms with Crippen LogP contribution in [0.5, 0.6) is 0 Å². The maximum absolute atomic E-state index is 5.76. The SMILES string of the molecule is CCCCn1nc(C(CCC)(OC)OC)nc1Cc1ccc(-c2cnccc2-c2nnn[nH]2)cc1. The fourth-order valence-electron chi connectivity index (χ4n) is 4.15. The molecular formula is C25H32N8O2. The number of nitrogens with zero attached hydrogens (tertiary/aromatic N) is 7. The van der Waals surface area contributed by atoms with Crippen molar-refractivity contribution in [2.45, 2.75) is 58.3 Å². The van der Waals surface area contributed by atoms with Gasteiger partial charge in [-0.05, 0) is 34.0 Å². The van der Waals surface area contributed by atoms with Crippen LogP contribution in [-0.4, -0.2) is 54.6 Å². The number of benzene rings is 1.